The van der Waals surface area contributed by atoms with Gasteiger partial charge in [0, 0.05) is 10.9 Å². The summed E-state index contributed by atoms with van der Waals surface area (Å²) in [5.41, 5.74) is 2.65. The SMILES string of the molecule is CCOC(=O)[C@@H]1[C@@H]2CC(C)C3(S2)C(C(=O)Nc2c(C)cccc2C)N([C@@H](CO)CC(C)C)C(=O)[C@H]13. The van der Waals surface area contributed by atoms with Crippen LogP contribution in [0.4, 0.5) is 5.69 Å². The number of nitrogens with one attached hydrogen (secondary N) is 1. The minimum atomic E-state index is -0.778. The molecular formula is C27H38N2O5S. The van der Waals surface area contributed by atoms with E-state index >= 15 is 0 Å². The van der Waals surface area contributed by atoms with E-state index in [0.29, 0.717) is 6.42 Å². The molecule has 4 rings (SSSR count). The fourth-order valence-corrected chi connectivity index (χ4v) is 9.08. The molecule has 3 fully saturated rings. The van der Waals surface area contributed by atoms with E-state index < -0.39 is 28.7 Å². The van der Waals surface area contributed by atoms with Gasteiger partial charge < -0.3 is 20.1 Å². The van der Waals surface area contributed by atoms with E-state index in [4.69, 9.17) is 4.74 Å². The summed E-state index contributed by atoms with van der Waals surface area (Å²) in [6, 6.07) is 4.58. The Balaban J connectivity index is 1.81. The van der Waals surface area contributed by atoms with Crippen LogP contribution in [0.25, 0.3) is 0 Å². The molecule has 3 aliphatic heterocycles. The number of likely N-dealkylation sites (tertiary alicyclic amines) is 1. The normalized spacial score (nSPS) is 32.2. The number of aryl methyl sites for hydroxylation is 2. The Labute approximate surface area is 212 Å². The second-order valence-electron chi connectivity index (χ2n) is 10.8. The van der Waals surface area contributed by atoms with E-state index in [2.05, 4.69) is 12.2 Å². The number of hydrogen-bond donors (Lipinski definition) is 2. The third kappa shape index (κ3) is 4.06. The van der Waals surface area contributed by atoms with Crippen LogP contribution in [0, 0.1) is 37.5 Å². The van der Waals surface area contributed by atoms with Gasteiger partial charge in [-0.2, -0.15) is 0 Å². The average molecular weight is 503 g/mol. The number of ether oxygens (including phenoxy) is 1. The first kappa shape index (κ1) is 26.0. The average Bonchev–Trinajstić information content (AvgIpc) is 3.38. The van der Waals surface area contributed by atoms with Gasteiger partial charge in [-0.05, 0) is 56.6 Å². The molecule has 3 heterocycles. The second kappa shape index (κ2) is 9.77. The molecule has 0 saturated carbocycles. The van der Waals surface area contributed by atoms with Crippen LogP contribution in [0.5, 0.6) is 0 Å². The van der Waals surface area contributed by atoms with Gasteiger partial charge in [-0.1, -0.05) is 39.0 Å². The summed E-state index contributed by atoms with van der Waals surface area (Å²) in [4.78, 5) is 43.0. The highest BCUT2D eigenvalue weighted by Gasteiger charge is 2.76. The van der Waals surface area contributed by atoms with Crippen LogP contribution in [0.1, 0.15) is 51.7 Å². The number of rotatable bonds is 8. The second-order valence-corrected chi connectivity index (χ2v) is 12.3. The predicted octanol–water partition coefficient (Wildman–Crippen LogP) is 3.55. The van der Waals surface area contributed by atoms with Crippen molar-refractivity contribution in [2.45, 2.75) is 76.5 Å². The van der Waals surface area contributed by atoms with Crippen molar-refractivity contribution in [1.29, 1.82) is 0 Å². The number of aliphatic hydroxyl groups excluding tert-OH is 1. The van der Waals surface area contributed by atoms with Crippen molar-refractivity contribution in [1.82, 2.24) is 4.90 Å². The Morgan fingerprint density at radius 2 is 1.94 bits per heavy atom. The first-order chi connectivity index (χ1) is 16.6. The molecule has 0 aromatic heterocycles. The maximum atomic E-state index is 14.1. The molecule has 1 aromatic carbocycles. The van der Waals surface area contributed by atoms with Crippen molar-refractivity contribution in [2.75, 3.05) is 18.5 Å². The van der Waals surface area contributed by atoms with Crippen LogP contribution >= 0.6 is 11.8 Å². The quantitative estimate of drug-likeness (QED) is 0.528. The van der Waals surface area contributed by atoms with Crippen molar-refractivity contribution in [3.05, 3.63) is 29.3 Å². The van der Waals surface area contributed by atoms with E-state index in [-0.39, 0.29) is 48.1 Å². The highest BCUT2D eigenvalue weighted by atomic mass is 32.2. The van der Waals surface area contributed by atoms with Gasteiger partial charge in [-0.3, -0.25) is 14.4 Å². The molecule has 3 unspecified atom stereocenters. The number of hydrogen-bond acceptors (Lipinski definition) is 6. The van der Waals surface area contributed by atoms with Gasteiger partial charge in [-0.15, -0.1) is 11.8 Å². The zero-order valence-electron chi connectivity index (χ0n) is 21.5. The van der Waals surface area contributed by atoms with E-state index in [1.807, 2.05) is 45.9 Å². The largest absolute Gasteiger partial charge is 0.466 e. The van der Waals surface area contributed by atoms with Crippen LogP contribution in [0.3, 0.4) is 0 Å². The number of para-hydroxylation sites is 1. The maximum absolute atomic E-state index is 14.1. The molecule has 7 atom stereocenters. The van der Waals surface area contributed by atoms with Crippen molar-refractivity contribution >= 4 is 35.2 Å². The number of carbonyl (C=O) groups excluding carboxylic acids is 3. The molecule has 2 bridgehead atoms. The summed E-state index contributed by atoms with van der Waals surface area (Å²) >= 11 is 1.62. The number of esters is 1. The van der Waals surface area contributed by atoms with Crippen LogP contribution < -0.4 is 5.32 Å². The van der Waals surface area contributed by atoms with Crippen molar-refractivity contribution in [2.24, 2.45) is 23.7 Å². The van der Waals surface area contributed by atoms with E-state index in [9.17, 15) is 19.5 Å². The summed E-state index contributed by atoms with van der Waals surface area (Å²) < 4.78 is 4.67. The Morgan fingerprint density at radius 1 is 1.29 bits per heavy atom. The Kier molecular flexibility index (Phi) is 7.26. The van der Waals surface area contributed by atoms with Gasteiger partial charge in [0.1, 0.15) is 6.04 Å². The lowest BCUT2D eigenvalue weighted by atomic mass is 9.66. The van der Waals surface area contributed by atoms with Crippen molar-refractivity contribution in [3.8, 4) is 0 Å². The lowest BCUT2D eigenvalue weighted by molar-refractivity contribution is -0.154. The van der Waals surface area contributed by atoms with E-state index in [1.165, 1.54) is 0 Å². The molecule has 3 saturated heterocycles. The number of nitrogens with zero attached hydrogens (tertiary/aromatic N) is 1. The van der Waals surface area contributed by atoms with Gasteiger partial charge in [0.25, 0.3) is 0 Å². The van der Waals surface area contributed by atoms with Crippen LogP contribution in [0.2, 0.25) is 0 Å². The monoisotopic (exact) mass is 502 g/mol. The van der Waals surface area contributed by atoms with Crippen molar-refractivity contribution in [3.63, 3.8) is 0 Å². The highest BCUT2D eigenvalue weighted by molar-refractivity contribution is 8.02. The fraction of sp³-hybridized carbons (Fsp3) is 0.667. The Bertz CT molecular complexity index is 993. The first-order valence-electron chi connectivity index (χ1n) is 12.7. The summed E-state index contributed by atoms with van der Waals surface area (Å²) in [7, 11) is 0. The summed E-state index contributed by atoms with van der Waals surface area (Å²) in [6.45, 7) is 11.9. The zero-order valence-corrected chi connectivity index (χ0v) is 22.4. The third-order valence-corrected chi connectivity index (χ3v) is 10.1. The number of fused-ring (bicyclic) bond motifs is 1. The number of thioether (sulfide) groups is 1. The predicted molar refractivity (Wildman–Crippen MR) is 137 cm³/mol. The minimum absolute atomic E-state index is 0.0478. The highest BCUT2D eigenvalue weighted by Crippen LogP contribution is 2.69. The van der Waals surface area contributed by atoms with Gasteiger partial charge >= 0.3 is 5.97 Å². The number of carbonyl (C=O) groups is 3. The molecule has 1 aromatic rings. The minimum Gasteiger partial charge on any atom is -0.466 e. The number of benzene rings is 1. The molecule has 2 amide bonds. The smallest absolute Gasteiger partial charge is 0.310 e. The van der Waals surface area contributed by atoms with Crippen LogP contribution in [-0.4, -0.2) is 63.1 Å². The number of aliphatic hydroxyl groups is 1. The molecule has 2 N–H and O–H groups in total. The summed E-state index contributed by atoms with van der Waals surface area (Å²) in [6.07, 6.45) is 1.33. The number of amides is 2. The zero-order chi connectivity index (χ0) is 25.7. The van der Waals surface area contributed by atoms with Gasteiger partial charge in [0.05, 0.1) is 35.8 Å². The molecule has 192 valence electrons. The Hall–Kier alpha value is -2.06. The topological polar surface area (TPSA) is 95.9 Å². The summed E-state index contributed by atoms with van der Waals surface area (Å²) in [5, 5.41) is 13.5. The molecule has 3 aliphatic rings. The lowest BCUT2D eigenvalue weighted by Crippen LogP contribution is -2.57. The molecule has 0 aliphatic carbocycles. The van der Waals surface area contributed by atoms with E-state index in [1.54, 1.807) is 23.6 Å². The van der Waals surface area contributed by atoms with Gasteiger partial charge in [-0.25, -0.2) is 0 Å². The summed E-state index contributed by atoms with van der Waals surface area (Å²) in [5.74, 6) is -1.71. The standard InChI is InChI=1S/C27H38N2O5S/c1-7-34-26(33)20-19-12-17(6)27(35-19)21(20)25(32)29(18(13-30)11-14(2)3)23(27)24(31)28-22-15(4)9-8-10-16(22)5/h8-10,14,17-21,23,30H,7,11-13H2,1-6H3,(H,28,31)/t17?,18-,19+,20-,21+,23?,27?/m1/s1. The molecule has 8 heteroatoms. The fourth-order valence-electron chi connectivity index (χ4n) is 6.68. The number of anilines is 1. The van der Waals surface area contributed by atoms with Gasteiger partial charge in [0.2, 0.25) is 11.8 Å². The first-order valence-corrected chi connectivity index (χ1v) is 13.6. The molecule has 1 spiro atoms. The molecular weight excluding hydrogens is 464 g/mol. The Morgan fingerprint density at radius 3 is 2.51 bits per heavy atom. The van der Waals surface area contributed by atoms with E-state index in [0.717, 1.165) is 23.2 Å². The van der Waals surface area contributed by atoms with Crippen LogP contribution in [-0.2, 0) is 19.1 Å². The lowest BCUT2D eigenvalue weighted by Gasteiger charge is -2.40. The molecule has 35 heavy (non-hydrogen) atoms. The van der Waals surface area contributed by atoms with Crippen LogP contribution in [0.15, 0.2) is 18.2 Å². The molecule has 7 nitrogen and oxygen atoms in total. The third-order valence-electron chi connectivity index (χ3n) is 8.07. The van der Waals surface area contributed by atoms with Gasteiger partial charge in [0.15, 0.2) is 0 Å². The maximum Gasteiger partial charge on any atom is 0.310 e. The van der Waals surface area contributed by atoms with Crippen molar-refractivity contribution < 1.29 is 24.2 Å². The molecule has 0 radical (unpaired) electrons.